The predicted octanol–water partition coefficient (Wildman–Crippen LogP) is 4.13. The van der Waals surface area contributed by atoms with Crippen LogP contribution in [0.15, 0.2) is 47.6 Å². The zero-order valence-corrected chi connectivity index (χ0v) is 15.8. The van der Waals surface area contributed by atoms with Crippen LogP contribution in [0.3, 0.4) is 0 Å². The van der Waals surface area contributed by atoms with Crippen molar-refractivity contribution in [2.45, 2.75) is 5.16 Å². The topological polar surface area (TPSA) is 64.2 Å². The molecule has 2 aromatic carbocycles. The molecule has 0 unspecified atom stereocenters. The Bertz CT molecular complexity index is 818. The minimum absolute atomic E-state index is 0. The number of hydrogen-bond acceptors (Lipinski definition) is 5. The third-order valence-electron chi connectivity index (χ3n) is 3.41. The number of thioether (sulfide) groups is 1. The van der Waals surface area contributed by atoms with Crippen molar-refractivity contribution in [2.75, 3.05) is 20.0 Å². The zero-order chi connectivity index (χ0) is 16.2. The maximum Gasteiger partial charge on any atom is 0.173 e. The fraction of sp³-hybridized carbons (Fsp3) is 0.176. The highest BCUT2D eigenvalue weighted by Gasteiger charge is 2.12. The Hall–Kier alpha value is -1.99. The Morgan fingerprint density at radius 2 is 1.88 bits per heavy atom. The molecule has 0 amide bonds. The number of imidazole rings is 1. The van der Waals surface area contributed by atoms with E-state index in [0.29, 0.717) is 22.8 Å². The summed E-state index contributed by atoms with van der Waals surface area (Å²) in [6.07, 6.45) is 0. The number of nitrogens with zero attached hydrogens (tertiary/aromatic N) is 1. The van der Waals surface area contributed by atoms with Gasteiger partial charge in [-0.3, -0.25) is 4.79 Å². The maximum atomic E-state index is 12.3. The monoisotopic (exact) mass is 408 g/mol. The molecule has 5 nitrogen and oxygen atoms in total. The summed E-state index contributed by atoms with van der Waals surface area (Å²) in [5, 5.41) is 0.736. The molecule has 0 saturated carbocycles. The summed E-state index contributed by atoms with van der Waals surface area (Å²) in [6.45, 7) is 0. The second-order valence-electron chi connectivity index (χ2n) is 4.84. The van der Waals surface area contributed by atoms with Gasteiger partial charge in [-0.15, -0.1) is 17.0 Å². The highest BCUT2D eigenvalue weighted by molar-refractivity contribution is 8.93. The lowest BCUT2D eigenvalue weighted by molar-refractivity contribution is 0.102. The van der Waals surface area contributed by atoms with Gasteiger partial charge in [0.1, 0.15) is 0 Å². The van der Waals surface area contributed by atoms with Crippen LogP contribution in [0.2, 0.25) is 0 Å². The average Bonchev–Trinajstić information content (AvgIpc) is 3.01. The molecule has 0 aliphatic carbocycles. The van der Waals surface area contributed by atoms with Gasteiger partial charge in [-0.1, -0.05) is 23.9 Å². The molecule has 0 saturated heterocycles. The SMILES string of the molecule is Br.COc1ccc(C(=O)CSc2nc3ccccc3[nH]2)cc1OC. The van der Waals surface area contributed by atoms with Gasteiger partial charge in [0.25, 0.3) is 0 Å². The number of carbonyl (C=O) groups excluding carboxylic acids is 1. The quantitative estimate of drug-likeness (QED) is 0.490. The van der Waals surface area contributed by atoms with Crippen molar-refractivity contribution in [3.63, 3.8) is 0 Å². The van der Waals surface area contributed by atoms with E-state index in [1.165, 1.54) is 11.8 Å². The molecule has 1 aromatic heterocycles. The first-order valence-corrected chi connectivity index (χ1v) is 8.02. The van der Waals surface area contributed by atoms with Crippen molar-refractivity contribution >= 4 is 45.6 Å². The van der Waals surface area contributed by atoms with E-state index in [-0.39, 0.29) is 22.8 Å². The van der Waals surface area contributed by atoms with Gasteiger partial charge in [-0.05, 0) is 30.3 Å². The Morgan fingerprint density at radius 3 is 2.58 bits per heavy atom. The number of hydrogen-bond donors (Lipinski definition) is 1. The molecule has 0 bridgehead atoms. The molecule has 126 valence electrons. The van der Waals surface area contributed by atoms with Crippen LogP contribution < -0.4 is 9.47 Å². The van der Waals surface area contributed by atoms with E-state index in [4.69, 9.17) is 9.47 Å². The lowest BCUT2D eigenvalue weighted by Crippen LogP contribution is -2.03. The number of ketones is 1. The number of aromatic amines is 1. The van der Waals surface area contributed by atoms with Crippen molar-refractivity contribution in [3.05, 3.63) is 48.0 Å². The van der Waals surface area contributed by atoms with E-state index in [1.54, 1.807) is 32.4 Å². The first-order valence-electron chi connectivity index (χ1n) is 7.04. The number of rotatable bonds is 6. The molecule has 1 heterocycles. The van der Waals surface area contributed by atoms with E-state index in [1.807, 2.05) is 24.3 Å². The Labute approximate surface area is 154 Å². The number of benzene rings is 2. The molecule has 7 heteroatoms. The summed E-state index contributed by atoms with van der Waals surface area (Å²) in [7, 11) is 3.12. The second kappa shape index (κ2) is 8.21. The Morgan fingerprint density at radius 1 is 1.12 bits per heavy atom. The lowest BCUT2D eigenvalue weighted by Gasteiger charge is -2.08. The van der Waals surface area contributed by atoms with Crippen LogP contribution in [0.1, 0.15) is 10.4 Å². The third kappa shape index (κ3) is 3.91. The van der Waals surface area contributed by atoms with E-state index < -0.39 is 0 Å². The third-order valence-corrected chi connectivity index (χ3v) is 4.29. The number of ether oxygens (including phenoxy) is 2. The van der Waals surface area contributed by atoms with Crippen molar-refractivity contribution in [1.29, 1.82) is 0 Å². The highest BCUT2D eigenvalue weighted by atomic mass is 79.9. The normalized spacial score (nSPS) is 10.2. The van der Waals surface area contributed by atoms with Gasteiger partial charge in [0.05, 0.1) is 31.0 Å². The van der Waals surface area contributed by atoms with Crippen LogP contribution in [-0.4, -0.2) is 35.7 Å². The van der Waals surface area contributed by atoms with E-state index in [9.17, 15) is 4.79 Å². The first kappa shape index (κ1) is 18.4. The number of aromatic nitrogens is 2. The van der Waals surface area contributed by atoms with E-state index >= 15 is 0 Å². The van der Waals surface area contributed by atoms with Crippen LogP contribution in [-0.2, 0) is 0 Å². The smallest absolute Gasteiger partial charge is 0.173 e. The number of methoxy groups -OCH3 is 2. The van der Waals surface area contributed by atoms with E-state index in [0.717, 1.165) is 16.2 Å². The van der Waals surface area contributed by atoms with Crippen LogP contribution >= 0.6 is 28.7 Å². The minimum atomic E-state index is 0. The molecule has 3 aromatic rings. The average molecular weight is 409 g/mol. The Kier molecular flexibility index (Phi) is 6.28. The molecular formula is C17H17BrN2O3S. The van der Waals surface area contributed by atoms with Gasteiger partial charge in [0.2, 0.25) is 0 Å². The molecule has 0 aliphatic rings. The summed E-state index contributed by atoms with van der Waals surface area (Å²) in [5.41, 5.74) is 2.45. The van der Waals surface area contributed by atoms with Crippen molar-refractivity contribution in [1.82, 2.24) is 9.97 Å². The standard InChI is InChI=1S/C17H16N2O3S.BrH/c1-21-15-8-7-11(9-16(15)22-2)14(20)10-23-17-18-12-5-3-4-6-13(12)19-17;/h3-9H,10H2,1-2H3,(H,18,19);1H. The zero-order valence-electron chi connectivity index (χ0n) is 13.2. The highest BCUT2D eigenvalue weighted by Crippen LogP contribution is 2.28. The van der Waals surface area contributed by atoms with Crippen molar-refractivity contribution in [3.8, 4) is 11.5 Å². The molecule has 1 N–H and O–H groups in total. The van der Waals surface area contributed by atoms with Gasteiger partial charge in [-0.2, -0.15) is 0 Å². The molecule has 3 rings (SSSR count). The molecule has 0 spiro atoms. The Balaban J connectivity index is 0.00000208. The molecule has 0 radical (unpaired) electrons. The molecule has 0 atom stereocenters. The fourth-order valence-electron chi connectivity index (χ4n) is 2.22. The van der Waals surface area contributed by atoms with Gasteiger partial charge in [0.15, 0.2) is 22.4 Å². The van der Waals surface area contributed by atoms with Gasteiger partial charge >= 0.3 is 0 Å². The van der Waals surface area contributed by atoms with Crippen LogP contribution in [0.25, 0.3) is 11.0 Å². The van der Waals surface area contributed by atoms with Crippen LogP contribution in [0.4, 0.5) is 0 Å². The summed E-state index contributed by atoms with van der Waals surface area (Å²) in [4.78, 5) is 20.0. The number of Topliss-reactive ketones (excluding diaryl/α,β-unsaturated/α-hetero) is 1. The van der Waals surface area contributed by atoms with Crippen LogP contribution in [0, 0.1) is 0 Å². The fourth-order valence-corrected chi connectivity index (χ4v) is 3.00. The number of para-hydroxylation sites is 2. The predicted molar refractivity (Wildman–Crippen MR) is 101 cm³/mol. The molecule has 0 aliphatic heterocycles. The molecule has 0 fully saturated rings. The van der Waals surface area contributed by atoms with Crippen molar-refractivity contribution in [2.24, 2.45) is 0 Å². The number of H-pyrrole nitrogens is 1. The number of fused-ring (bicyclic) bond motifs is 1. The minimum Gasteiger partial charge on any atom is -0.493 e. The van der Waals surface area contributed by atoms with Gasteiger partial charge < -0.3 is 14.5 Å². The molecule has 24 heavy (non-hydrogen) atoms. The summed E-state index contributed by atoms with van der Waals surface area (Å²) in [5.74, 6) is 1.47. The summed E-state index contributed by atoms with van der Waals surface area (Å²) >= 11 is 1.38. The van der Waals surface area contributed by atoms with Gasteiger partial charge in [0, 0.05) is 5.56 Å². The number of halogens is 1. The van der Waals surface area contributed by atoms with E-state index in [2.05, 4.69) is 9.97 Å². The number of carbonyl (C=O) groups is 1. The summed E-state index contributed by atoms with van der Waals surface area (Å²) < 4.78 is 10.4. The largest absolute Gasteiger partial charge is 0.493 e. The number of nitrogens with one attached hydrogen (secondary N) is 1. The summed E-state index contributed by atoms with van der Waals surface area (Å²) in [6, 6.07) is 13.0. The lowest BCUT2D eigenvalue weighted by atomic mass is 10.1. The molecular weight excluding hydrogens is 392 g/mol. The van der Waals surface area contributed by atoms with Crippen molar-refractivity contribution < 1.29 is 14.3 Å². The first-order chi connectivity index (χ1) is 11.2. The van der Waals surface area contributed by atoms with Crippen LogP contribution in [0.5, 0.6) is 11.5 Å². The maximum absolute atomic E-state index is 12.3. The van der Waals surface area contributed by atoms with Gasteiger partial charge in [-0.25, -0.2) is 4.98 Å². The second-order valence-corrected chi connectivity index (χ2v) is 5.80.